The number of carbonyl (C=O) groups is 2. The smallest absolute Gasteiger partial charge is 0.355 e. The molecule has 1 aliphatic carbocycles. The van der Waals surface area contributed by atoms with E-state index in [-0.39, 0.29) is 34.5 Å². The van der Waals surface area contributed by atoms with Gasteiger partial charge in [0.2, 0.25) is 0 Å². The van der Waals surface area contributed by atoms with Crippen molar-refractivity contribution in [1.29, 1.82) is 0 Å². The Kier molecular flexibility index (Phi) is 6.95. The molecule has 42 heavy (non-hydrogen) atoms. The molecule has 1 fully saturated rings. The van der Waals surface area contributed by atoms with Crippen LogP contribution in [0.15, 0.2) is 52.0 Å². The van der Waals surface area contributed by atoms with Crippen LogP contribution >= 0.6 is 15.9 Å². The molecule has 1 saturated carbocycles. The van der Waals surface area contributed by atoms with Crippen LogP contribution in [0.25, 0.3) is 11.5 Å². The quantitative estimate of drug-likeness (QED) is 0.344. The molecule has 13 heteroatoms. The second-order valence-electron chi connectivity index (χ2n) is 10.8. The molecule has 0 saturated heterocycles. The van der Waals surface area contributed by atoms with Crippen molar-refractivity contribution in [3.05, 3.63) is 91.1 Å². The maximum atomic E-state index is 14.1. The van der Waals surface area contributed by atoms with Gasteiger partial charge in [-0.25, -0.2) is 14.1 Å². The topological polar surface area (TPSA) is 102 Å². The summed E-state index contributed by atoms with van der Waals surface area (Å²) in [6, 6.07) is 6.14. The Labute approximate surface area is 246 Å². The molecule has 1 N–H and O–H groups in total. The van der Waals surface area contributed by atoms with Gasteiger partial charge in [-0.15, -0.1) is 0 Å². The first-order valence-electron chi connectivity index (χ1n) is 13.5. The Morgan fingerprint density at radius 2 is 1.86 bits per heavy atom. The van der Waals surface area contributed by atoms with E-state index in [0.717, 1.165) is 30.9 Å². The number of halogens is 4. The molecule has 2 aliphatic rings. The molecule has 6 rings (SSSR count). The summed E-state index contributed by atoms with van der Waals surface area (Å²) in [6.07, 6.45) is 1.55. The van der Waals surface area contributed by atoms with Crippen LogP contribution in [0.2, 0.25) is 0 Å². The van der Waals surface area contributed by atoms with E-state index in [1.54, 1.807) is 29.8 Å². The number of rotatable bonds is 5. The van der Waals surface area contributed by atoms with E-state index in [2.05, 4.69) is 31.3 Å². The number of pyridine rings is 1. The molecule has 4 heterocycles. The highest BCUT2D eigenvalue weighted by molar-refractivity contribution is 9.10. The van der Waals surface area contributed by atoms with Crippen LogP contribution in [0.1, 0.15) is 62.9 Å². The second kappa shape index (κ2) is 10.4. The molecule has 0 unspecified atom stereocenters. The molecule has 3 aromatic heterocycles. The van der Waals surface area contributed by atoms with Crippen molar-refractivity contribution in [3.63, 3.8) is 0 Å². The van der Waals surface area contributed by atoms with E-state index in [0.29, 0.717) is 34.2 Å². The summed E-state index contributed by atoms with van der Waals surface area (Å²) >= 11 is 2.93. The number of nitrogens with zero attached hydrogens (tertiary/aromatic N) is 5. The number of fused-ring (bicyclic) bond motifs is 3. The normalized spacial score (nSPS) is 16.9. The van der Waals surface area contributed by atoms with Crippen molar-refractivity contribution in [2.75, 3.05) is 7.05 Å². The molecule has 9 nitrogen and oxygen atoms in total. The van der Waals surface area contributed by atoms with Gasteiger partial charge in [-0.3, -0.25) is 14.4 Å². The maximum absolute atomic E-state index is 14.1. The molecule has 0 radical (unpaired) electrons. The fourth-order valence-corrected chi connectivity index (χ4v) is 5.96. The second-order valence-corrected chi connectivity index (χ2v) is 11.6. The lowest BCUT2D eigenvalue weighted by molar-refractivity contribution is -0.138. The number of hydrogen-bond acceptors (Lipinski definition) is 5. The molecular formula is C29H26BrF3N6O3. The first-order valence-corrected chi connectivity index (χ1v) is 14.3. The number of carbonyl (C=O) groups excluding carboxylic acids is 2. The fraction of sp³-hybridized carbons (Fsp3) is 0.345. The van der Waals surface area contributed by atoms with Gasteiger partial charge in [0.25, 0.3) is 17.4 Å². The van der Waals surface area contributed by atoms with Crippen LogP contribution < -0.4 is 10.9 Å². The highest BCUT2D eigenvalue weighted by Crippen LogP contribution is 2.37. The SMILES string of the molecule is CNC(=O)c1ccc(-n2c(=O)c3c(n4ncc(CC5CC5)c24)CN(C(=O)c2ccc(Br)c(C(F)(F)F)c2)[C@@H](C)C3)nc1. The molecule has 4 aromatic rings. The van der Waals surface area contributed by atoms with Gasteiger partial charge in [0, 0.05) is 40.4 Å². The third kappa shape index (κ3) is 4.89. The van der Waals surface area contributed by atoms with E-state index in [1.165, 1.54) is 34.8 Å². The van der Waals surface area contributed by atoms with Crippen LogP contribution in [-0.2, 0) is 25.6 Å². The van der Waals surface area contributed by atoms with Crippen LogP contribution in [0.3, 0.4) is 0 Å². The zero-order valence-electron chi connectivity index (χ0n) is 22.7. The summed E-state index contributed by atoms with van der Waals surface area (Å²) in [7, 11) is 1.52. The van der Waals surface area contributed by atoms with Gasteiger partial charge >= 0.3 is 6.18 Å². The van der Waals surface area contributed by atoms with Crippen LogP contribution in [0.4, 0.5) is 13.2 Å². The lowest BCUT2D eigenvalue weighted by Gasteiger charge is -2.35. The lowest BCUT2D eigenvalue weighted by Crippen LogP contribution is -2.46. The number of benzene rings is 1. The monoisotopic (exact) mass is 642 g/mol. The molecule has 0 bridgehead atoms. The van der Waals surface area contributed by atoms with Gasteiger partial charge in [0.05, 0.1) is 29.6 Å². The summed E-state index contributed by atoms with van der Waals surface area (Å²) in [5, 5.41) is 7.17. The molecule has 1 aromatic carbocycles. The number of nitrogens with one attached hydrogen (secondary N) is 1. The Hall–Kier alpha value is -4.00. The van der Waals surface area contributed by atoms with Crippen molar-refractivity contribution < 1.29 is 22.8 Å². The maximum Gasteiger partial charge on any atom is 0.417 e. The zero-order valence-corrected chi connectivity index (χ0v) is 24.3. The third-order valence-electron chi connectivity index (χ3n) is 7.90. The zero-order chi connectivity index (χ0) is 29.9. The average molecular weight is 643 g/mol. The van der Waals surface area contributed by atoms with Crippen molar-refractivity contribution in [1.82, 2.24) is 29.4 Å². The summed E-state index contributed by atoms with van der Waals surface area (Å²) in [5.41, 5.74) is 1.34. The average Bonchev–Trinajstić information content (AvgIpc) is 3.70. The van der Waals surface area contributed by atoms with Gasteiger partial charge in [0.1, 0.15) is 11.5 Å². The Bertz CT molecular complexity index is 1790. The minimum absolute atomic E-state index is 0.00703. The molecule has 1 atom stereocenters. The van der Waals surface area contributed by atoms with Gasteiger partial charge in [-0.2, -0.15) is 18.3 Å². The molecule has 0 spiro atoms. The largest absolute Gasteiger partial charge is 0.417 e. The number of amides is 2. The summed E-state index contributed by atoms with van der Waals surface area (Å²) < 4.78 is 43.7. The predicted molar refractivity (Wildman–Crippen MR) is 151 cm³/mol. The van der Waals surface area contributed by atoms with E-state index in [1.807, 2.05) is 0 Å². The van der Waals surface area contributed by atoms with Crippen LogP contribution in [-0.4, -0.2) is 49.0 Å². The third-order valence-corrected chi connectivity index (χ3v) is 8.59. The predicted octanol–water partition coefficient (Wildman–Crippen LogP) is 4.56. The molecule has 218 valence electrons. The van der Waals surface area contributed by atoms with E-state index in [9.17, 15) is 27.6 Å². The lowest BCUT2D eigenvalue weighted by atomic mass is 9.98. The van der Waals surface area contributed by atoms with E-state index >= 15 is 0 Å². The van der Waals surface area contributed by atoms with Crippen molar-refractivity contribution >= 4 is 33.4 Å². The van der Waals surface area contributed by atoms with Gasteiger partial charge in [-0.1, -0.05) is 15.9 Å². The standard InChI is InChI=1S/C29H26BrF3N6O3/c1-15-9-20-23(14-37(15)27(41)17-5-7-22(30)21(11-17)29(31,32)33)39-26(19(13-36-39)10-16-3-4-16)38(28(20)42)24-8-6-18(12-35-24)25(40)34-2/h5-8,11-13,15-16H,3-4,9-10,14H2,1-2H3,(H,34,40)/t15-/m0/s1. The van der Waals surface area contributed by atoms with E-state index < -0.39 is 23.7 Å². The van der Waals surface area contributed by atoms with Gasteiger partial charge in [-0.05, 0) is 68.9 Å². The summed E-state index contributed by atoms with van der Waals surface area (Å²) in [5.74, 6) is -0.0547. The minimum atomic E-state index is -4.63. The Morgan fingerprint density at radius 3 is 2.50 bits per heavy atom. The number of aromatic nitrogens is 4. The van der Waals surface area contributed by atoms with E-state index in [4.69, 9.17) is 0 Å². The first kappa shape index (κ1) is 28.1. The Morgan fingerprint density at radius 1 is 1.12 bits per heavy atom. The molecule has 1 aliphatic heterocycles. The fourth-order valence-electron chi connectivity index (χ4n) is 5.48. The summed E-state index contributed by atoms with van der Waals surface area (Å²) in [4.78, 5) is 45.7. The minimum Gasteiger partial charge on any atom is -0.355 e. The van der Waals surface area contributed by atoms with Gasteiger partial charge in [0.15, 0.2) is 0 Å². The number of alkyl halides is 3. The highest BCUT2D eigenvalue weighted by atomic mass is 79.9. The van der Waals surface area contributed by atoms with Crippen LogP contribution in [0.5, 0.6) is 0 Å². The number of hydrogen-bond donors (Lipinski definition) is 1. The first-order chi connectivity index (χ1) is 20.0. The Balaban J connectivity index is 1.46. The summed E-state index contributed by atoms with van der Waals surface area (Å²) in [6.45, 7) is 1.75. The van der Waals surface area contributed by atoms with Crippen molar-refractivity contribution in [2.24, 2.45) is 5.92 Å². The highest BCUT2D eigenvalue weighted by Gasteiger charge is 2.37. The molecular weight excluding hydrogens is 617 g/mol. The van der Waals surface area contributed by atoms with Crippen molar-refractivity contribution in [3.8, 4) is 5.82 Å². The molecule has 2 amide bonds. The van der Waals surface area contributed by atoms with Gasteiger partial charge < -0.3 is 10.2 Å². The van der Waals surface area contributed by atoms with Crippen molar-refractivity contribution in [2.45, 2.75) is 51.4 Å². The van der Waals surface area contributed by atoms with Crippen LogP contribution in [0, 0.1) is 5.92 Å².